The number of hydrogen-bond donors (Lipinski definition) is 1. The van der Waals surface area contributed by atoms with Gasteiger partial charge in [-0.3, -0.25) is 4.90 Å². The quantitative estimate of drug-likeness (QED) is 0.469. The summed E-state index contributed by atoms with van der Waals surface area (Å²) in [6, 6.07) is 0. The molecule has 0 aliphatic rings. The summed E-state index contributed by atoms with van der Waals surface area (Å²) in [4.78, 5) is 2.89. The summed E-state index contributed by atoms with van der Waals surface area (Å²) in [6.07, 6.45) is 3.40. The van der Waals surface area contributed by atoms with Crippen LogP contribution in [0.1, 0.15) is 26.2 Å². The van der Waals surface area contributed by atoms with E-state index in [4.69, 9.17) is 22.7 Å². The van der Waals surface area contributed by atoms with E-state index < -0.39 is 0 Å². The highest BCUT2D eigenvalue weighted by molar-refractivity contribution is 7.80. The van der Waals surface area contributed by atoms with Crippen molar-refractivity contribution in [2.45, 2.75) is 26.2 Å². The summed E-state index contributed by atoms with van der Waals surface area (Å²) in [7, 11) is 1.73. The summed E-state index contributed by atoms with van der Waals surface area (Å²) in [6.45, 7) is 5.89. The average molecular weight is 218 g/mol. The van der Waals surface area contributed by atoms with Crippen LogP contribution in [-0.2, 0) is 4.74 Å². The highest BCUT2D eigenvalue weighted by atomic mass is 32.1. The molecule has 0 aromatic rings. The molecule has 0 aromatic carbocycles. The maximum Gasteiger partial charge on any atom is 0.0870 e. The molecule has 0 saturated heterocycles. The molecule has 0 aromatic heterocycles. The van der Waals surface area contributed by atoms with Crippen molar-refractivity contribution < 1.29 is 4.74 Å². The third-order valence-electron chi connectivity index (χ3n) is 1.99. The fraction of sp³-hybridized carbons (Fsp3) is 0.900. The monoisotopic (exact) mass is 218 g/mol. The van der Waals surface area contributed by atoms with Gasteiger partial charge in [0.1, 0.15) is 0 Å². The molecule has 3 nitrogen and oxygen atoms in total. The van der Waals surface area contributed by atoms with Gasteiger partial charge in [-0.15, -0.1) is 0 Å². The Balaban J connectivity index is 3.56. The van der Waals surface area contributed by atoms with E-state index in [0.29, 0.717) is 4.99 Å². The summed E-state index contributed by atoms with van der Waals surface area (Å²) >= 11 is 4.90. The minimum atomic E-state index is 0.588. The van der Waals surface area contributed by atoms with Crippen LogP contribution in [0.3, 0.4) is 0 Å². The van der Waals surface area contributed by atoms with Crippen molar-refractivity contribution in [3.8, 4) is 0 Å². The highest BCUT2D eigenvalue weighted by Gasteiger charge is 2.04. The molecule has 4 heteroatoms. The lowest BCUT2D eigenvalue weighted by molar-refractivity contribution is 0.186. The zero-order chi connectivity index (χ0) is 10.8. The van der Waals surface area contributed by atoms with E-state index in [1.54, 1.807) is 7.11 Å². The van der Waals surface area contributed by atoms with Crippen molar-refractivity contribution in [3.05, 3.63) is 0 Å². The first-order valence-corrected chi connectivity index (χ1v) is 5.61. The van der Waals surface area contributed by atoms with Crippen LogP contribution in [0.4, 0.5) is 0 Å². The molecular formula is C10H22N2OS. The van der Waals surface area contributed by atoms with Crippen molar-refractivity contribution in [2.75, 3.05) is 33.4 Å². The molecule has 0 saturated carbocycles. The lowest BCUT2D eigenvalue weighted by atomic mass is 10.3. The van der Waals surface area contributed by atoms with Gasteiger partial charge in [0.15, 0.2) is 0 Å². The van der Waals surface area contributed by atoms with Crippen molar-refractivity contribution in [1.82, 2.24) is 4.90 Å². The largest absolute Gasteiger partial charge is 0.392 e. The maximum absolute atomic E-state index is 5.52. The Labute approximate surface area is 92.6 Å². The molecule has 14 heavy (non-hydrogen) atoms. The Morgan fingerprint density at radius 2 is 2.07 bits per heavy atom. The number of nitrogens with zero attached hydrogens (tertiary/aromatic N) is 1. The van der Waals surface area contributed by atoms with Gasteiger partial charge in [0, 0.05) is 20.3 Å². The van der Waals surface area contributed by atoms with Gasteiger partial charge in [-0.25, -0.2) is 0 Å². The third kappa shape index (κ3) is 8.41. The molecule has 0 fully saturated rings. The first kappa shape index (κ1) is 13.8. The Morgan fingerprint density at radius 1 is 1.36 bits per heavy atom. The van der Waals surface area contributed by atoms with Crippen LogP contribution in [0.25, 0.3) is 0 Å². The highest BCUT2D eigenvalue weighted by Crippen LogP contribution is 1.97. The smallest absolute Gasteiger partial charge is 0.0870 e. The zero-order valence-corrected chi connectivity index (χ0v) is 10.1. The van der Waals surface area contributed by atoms with Gasteiger partial charge in [0.2, 0.25) is 0 Å². The van der Waals surface area contributed by atoms with Gasteiger partial charge in [-0.05, 0) is 32.4 Å². The van der Waals surface area contributed by atoms with E-state index in [1.807, 2.05) is 0 Å². The minimum absolute atomic E-state index is 0.588. The van der Waals surface area contributed by atoms with E-state index in [1.165, 1.54) is 0 Å². The SMILES string of the molecule is CCCN(CCCCOC)CC(N)=S. The van der Waals surface area contributed by atoms with Crippen LogP contribution >= 0.6 is 12.2 Å². The first-order chi connectivity index (χ1) is 6.70. The number of unbranched alkanes of at least 4 members (excludes halogenated alkanes) is 1. The Kier molecular flexibility index (Phi) is 9.24. The van der Waals surface area contributed by atoms with Gasteiger partial charge in [-0.2, -0.15) is 0 Å². The van der Waals surface area contributed by atoms with Crippen molar-refractivity contribution >= 4 is 17.2 Å². The summed E-state index contributed by atoms with van der Waals surface area (Å²) in [5.74, 6) is 0. The molecule has 0 rings (SSSR count). The molecule has 2 N–H and O–H groups in total. The number of hydrogen-bond acceptors (Lipinski definition) is 3. The first-order valence-electron chi connectivity index (χ1n) is 5.20. The predicted molar refractivity (Wildman–Crippen MR) is 64.6 cm³/mol. The fourth-order valence-corrected chi connectivity index (χ4v) is 1.57. The van der Waals surface area contributed by atoms with E-state index >= 15 is 0 Å². The predicted octanol–water partition coefficient (Wildman–Crippen LogP) is 1.41. The fourth-order valence-electron chi connectivity index (χ4n) is 1.39. The second kappa shape index (κ2) is 9.37. The lowest BCUT2D eigenvalue weighted by Gasteiger charge is -2.20. The molecule has 84 valence electrons. The van der Waals surface area contributed by atoms with E-state index in [9.17, 15) is 0 Å². The summed E-state index contributed by atoms with van der Waals surface area (Å²) in [5.41, 5.74) is 5.52. The van der Waals surface area contributed by atoms with Gasteiger partial charge in [0.05, 0.1) is 4.99 Å². The molecule has 0 aliphatic heterocycles. The number of ether oxygens (including phenoxy) is 1. The van der Waals surface area contributed by atoms with Crippen molar-refractivity contribution in [2.24, 2.45) is 5.73 Å². The second-order valence-electron chi connectivity index (χ2n) is 3.44. The molecular weight excluding hydrogens is 196 g/mol. The molecule has 0 aliphatic carbocycles. The molecule has 0 atom stereocenters. The van der Waals surface area contributed by atoms with Crippen LogP contribution in [0.2, 0.25) is 0 Å². The van der Waals surface area contributed by atoms with Gasteiger partial charge < -0.3 is 10.5 Å². The van der Waals surface area contributed by atoms with Gasteiger partial charge in [0.25, 0.3) is 0 Å². The van der Waals surface area contributed by atoms with Crippen LogP contribution in [0.15, 0.2) is 0 Å². The number of rotatable bonds is 9. The van der Waals surface area contributed by atoms with Gasteiger partial charge in [-0.1, -0.05) is 19.1 Å². The summed E-state index contributed by atoms with van der Waals surface area (Å²) in [5, 5.41) is 0. The van der Waals surface area contributed by atoms with Crippen molar-refractivity contribution in [3.63, 3.8) is 0 Å². The Hall–Kier alpha value is -0.190. The van der Waals surface area contributed by atoms with Crippen LogP contribution in [0, 0.1) is 0 Å². The maximum atomic E-state index is 5.52. The lowest BCUT2D eigenvalue weighted by Crippen LogP contribution is -2.34. The van der Waals surface area contributed by atoms with E-state index in [0.717, 1.165) is 45.5 Å². The van der Waals surface area contributed by atoms with E-state index in [2.05, 4.69) is 11.8 Å². The Morgan fingerprint density at radius 3 is 2.57 bits per heavy atom. The molecule has 0 unspecified atom stereocenters. The number of nitrogens with two attached hydrogens (primary N) is 1. The number of thiocarbonyl (C=S) groups is 1. The van der Waals surface area contributed by atoms with Crippen LogP contribution in [0.5, 0.6) is 0 Å². The molecule has 0 radical (unpaired) electrons. The second-order valence-corrected chi connectivity index (χ2v) is 3.97. The topological polar surface area (TPSA) is 38.5 Å². The molecule has 0 bridgehead atoms. The molecule has 0 spiro atoms. The van der Waals surface area contributed by atoms with Gasteiger partial charge >= 0.3 is 0 Å². The standard InChI is InChI=1S/C10H22N2OS/c1-3-6-12(9-10(11)14)7-4-5-8-13-2/h3-9H2,1-2H3,(H2,11,14). The van der Waals surface area contributed by atoms with Crippen molar-refractivity contribution in [1.29, 1.82) is 0 Å². The average Bonchev–Trinajstić information content (AvgIpc) is 2.12. The number of methoxy groups -OCH3 is 1. The minimum Gasteiger partial charge on any atom is -0.392 e. The molecule has 0 heterocycles. The van der Waals surface area contributed by atoms with Crippen LogP contribution in [-0.4, -0.2) is 43.2 Å². The summed E-state index contributed by atoms with van der Waals surface area (Å²) < 4.78 is 5.00. The zero-order valence-electron chi connectivity index (χ0n) is 9.29. The Bertz CT molecular complexity index is 153. The van der Waals surface area contributed by atoms with E-state index in [-0.39, 0.29) is 0 Å². The van der Waals surface area contributed by atoms with Crippen LogP contribution < -0.4 is 5.73 Å². The third-order valence-corrected chi connectivity index (χ3v) is 2.12. The molecule has 0 amide bonds. The normalized spacial score (nSPS) is 10.8.